The van der Waals surface area contributed by atoms with Crippen LogP contribution in [0.2, 0.25) is 0 Å². The van der Waals surface area contributed by atoms with E-state index in [0.29, 0.717) is 113 Å². The van der Waals surface area contributed by atoms with Crippen LogP contribution in [0.3, 0.4) is 0 Å². The predicted octanol–water partition coefficient (Wildman–Crippen LogP) is 12.4. The summed E-state index contributed by atoms with van der Waals surface area (Å²) in [6, 6.07) is 24.9. The Hall–Kier alpha value is -11.3. The monoisotopic (exact) mass is 1500 g/mol. The number of nitrogens with one attached hydrogen (secondary N) is 1. The van der Waals surface area contributed by atoms with Gasteiger partial charge in [-0.2, -0.15) is 31.1 Å². The Morgan fingerprint density at radius 1 is 0.649 bits per heavy atom. The quantitative estimate of drug-likeness (QED) is 0.0874. The minimum absolute atomic E-state index is 0. The molecule has 97 heavy (non-hydrogen) atoms. The van der Waals surface area contributed by atoms with Crippen molar-refractivity contribution in [3.05, 3.63) is 206 Å². The molecule has 0 radical (unpaired) electrons. The zero-order valence-electron chi connectivity index (χ0n) is 51.7. The van der Waals surface area contributed by atoms with Gasteiger partial charge in [-0.05, 0) is 125 Å². The van der Waals surface area contributed by atoms with Gasteiger partial charge in [0.25, 0.3) is 11.8 Å². The van der Waals surface area contributed by atoms with Crippen molar-refractivity contribution in [3.63, 3.8) is 0 Å². The maximum atomic E-state index is 14.2. The number of nitrogen functional groups attached to an aromatic ring is 3. The summed E-state index contributed by atoms with van der Waals surface area (Å²) in [5.41, 5.74) is 26.7. The van der Waals surface area contributed by atoms with Crippen LogP contribution >= 0.6 is 47.8 Å². The van der Waals surface area contributed by atoms with E-state index in [0.717, 1.165) is 16.8 Å². The molecule has 0 spiro atoms. The SMILES string of the molecule is C.CC(Oc1nc(Br)cnc1N)c1cc(F)ccc1-c1ncc[nH]1.CC(Oc1nc(Br)cnc1N)c1cc(F)ccc1-c1nccn1Cc1cc(C#N)n(C)n1.CC1Oc2cc(cnc2N)-c2c(nn(C)c2C#N)Cn2ccnc2-c2ccc(F)cc21.Cn1nc(CBr)cc1C#N. The summed E-state index contributed by atoms with van der Waals surface area (Å²) in [5.74, 6) is 1.91. The molecule has 494 valence electrons. The van der Waals surface area contributed by atoms with Gasteiger partial charge in [-0.1, -0.05) is 23.4 Å². The topological polar surface area (TPSA) is 359 Å². The average molecular weight is 1510 g/mol. The summed E-state index contributed by atoms with van der Waals surface area (Å²) in [4.78, 5) is 36.8. The first-order valence-electron chi connectivity index (χ1n) is 28.7. The number of aromatic amines is 1. The van der Waals surface area contributed by atoms with Crippen LogP contribution in [0.5, 0.6) is 17.5 Å². The molecule has 3 atom stereocenters. The van der Waals surface area contributed by atoms with Crippen molar-refractivity contribution in [1.29, 1.82) is 15.8 Å². The van der Waals surface area contributed by atoms with Gasteiger partial charge in [-0.25, -0.2) is 53.0 Å². The van der Waals surface area contributed by atoms with Gasteiger partial charge in [-0.15, -0.1) is 0 Å². The number of halogens is 6. The zero-order chi connectivity index (χ0) is 68.5. The minimum Gasteiger partial charge on any atom is -0.482 e. The Labute approximate surface area is 578 Å². The number of fused-ring (bicyclic) bond motifs is 7. The average Bonchev–Trinajstić information content (AvgIpc) is 1.70. The van der Waals surface area contributed by atoms with Crippen LogP contribution in [0.1, 0.15) is 97.4 Å². The summed E-state index contributed by atoms with van der Waals surface area (Å²) >= 11 is 9.71. The summed E-state index contributed by atoms with van der Waals surface area (Å²) in [6.45, 7) is 6.13. The molecule has 3 unspecified atom stereocenters. The molecule has 12 aromatic rings. The Morgan fingerprint density at radius 2 is 1.21 bits per heavy atom. The number of imidazole rings is 3. The van der Waals surface area contributed by atoms with Gasteiger partial charge < -0.3 is 45.5 Å². The standard InChI is InChI=1S/C22H18FN7O.C21H18BrFN8O.C15H13BrFN5O.C6H6BrN3.CH4/c1-12-16-8-14(23)3-4-15(16)22-26-5-6-30(22)11-17-20(18(9-24)29(2)28-17)13-7-19(31-12)21(25)27-10-13;1-12(32-21-19(25)27-10-18(22)28-21)17-7-13(23)3-4-16(17)20-26-5-6-31(20)11-14-8-15(9-24)30(2)29-14;1-8(23-15-13(18)21-7-12(16)22-15)11-6-9(17)2-3-10(11)14-19-4-5-20-14;1-10-6(4-8)2-5(3-7)9-10;/h3-8,10,12H,11H2,1-2H3,(H2,25,27);3-8,10,12H,11H2,1-2H3,(H2,25,27);2-8H,1H3,(H2,18,21)(H,19,20);2H,3H2,1H3;1H4. The molecule has 32 heteroatoms. The fourth-order valence-corrected chi connectivity index (χ4v) is 11.0. The highest BCUT2D eigenvalue weighted by atomic mass is 79.9. The van der Waals surface area contributed by atoms with E-state index in [1.807, 2.05) is 28.3 Å². The van der Waals surface area contributed by atoms with Crippen LogP contribution in [-0.4, -0.2) is 83.3 Å². The number of nitriles is 3. The number of aryl methyl sites for hydroxylation is 3. The number of hydrogen-bond donors (Lipinski definition) is 4. The summed E-state index contributed by atoms with van der Waals surface area (Å²) < 4.78 is 69.2. The van der Waals surface area contributed by atoms with Crippen LogP contribution < -0.4 is 31.4 Å². The highest BCUT2D eigenvalue weighted by Gasteiger charge is 2.27. The fourth-order valence-electron chi connectivity index (χ4n) is 10.2. The van der Waals surface area contributed by atoms with Gasteiger partial charge in [0, 0.05) is 114 Å². The molecule has 1 aliphatic rings. The number of hydrogen-bond acceptors (Lipinski definition) is 20. The highest BCUT2D eigenvalue weighted by Crippen LogP contribution is 2.39. The second-order valence-corrected chi connectivity index (χ2v) is 23.3. The molecule has 0 saturated carbocycles. The number of ether oxygens (including phenoxy) is 3. The molecule has 9 aromatic heterocycles. The Bertz CT molecular complexity index is 4930. The number of anilines is 3. The van der Waals surface area contributed by atoms with Crippen molar-refractivity contribution in [2.24, 2.45) is 21.1 Å². The van der Waals surface area contributed by atoms with Crippen molar-refractivity contribution in [2.45, 2.75) is 64.9 Å². The molecule has 0 fully saturated rings. The zero-order valence-corrected chi connectivity index (χ0v) is 56.5. The van der Waals surface area contributed by atoms with Crippen LogP contribution in [0.15, 0.2) is 138 Å². The van der Waals surface area contributed by atoms with Gasteiger partial charge in [0.2, 0.25) is 0 Å². The van der Waals surface area contributed by atoms with E-state index in [-0.39, 0.29) is 48.3 Å². The molecule has 2 bridgehead atoms. The number of rotatable bonds is 11. The van der Waals surface area contributed by atoms with Crippen molar-refractivity contribution in [1.82, 2.24) is 83.3 Å². The maximum absolute atomic E-state index is 14.2. The van der Waals surface area contributed by atoms with Gasteiger partial charge in [0.15, 0.2) is 23.2 Å². The van der Waals surface area contributed by atoms with Crippen molar-refractivity contribution in [2.75, 3.05) is 17.2 Å². The van der Waals surface area contributed by atoms with Crippen molar-refractivity contribution >= 4 is 65.2 Å². The summed E-state index contributed by atoms with van der Waals surface area (Å²) in [5, 5.41) is 41.1. The third kappa shape index (κ3) is 16.1. The minimum atomic E-state index is -0.600. The lowest BCUT2D eigenvalue weighted by atomic mass is 10.0. The van der Waals surface area contributed by atoms with E-state index in [4.69, 9.17) is 36.7 Å². The second kappa shape index (κ2) is 30.9. The van der Waals surface area contributed by atoms with Crippen molar-refractivity contribution in [3.8, 4) is 81.0 Å². The van der Waals surface area contributed by atoms with Crippen LogP contribution in [-0.2, 0) is 39.6 Å². The number of benzene rings is 3. The third-order valence-electron chi connectivity index (χ3n) is 14.7. The highest BCUT2D eigenvalue weighted by molar-refractivity contribution is 9.10. The number of nitrogens with two attached hydrogens (primary N) is 3. The Kier molecular flexibility index (Phi) is 22.3. The number of alkyl halides is 1. The predicted molar refractivity (Wildman–Crippen MR) is 364 cm³/mol. The van der Waals surface area contributed by atoms with E-state index in [9.17, 15) is 23.7 Å². The first-order valence-corrected chi connectivity index (χ1v) is 31.5. The Balaban J connectivity index is 0.000000160. The molecule has 1 aliphatic heterocycles. The Morgan fingerprint density at radius 3 is 1.78 bits per heavy atom. The smallest absolute Gasteiger partial charge is 0.258 e. The normalized spacial score (nSPS) is 12.5. The molecule has 0 saturated heterocycles. The van der Waals surface area contributed by atoms with Gasteiger partial charge in [-0.3, -0.25) is 14.0 Å². The number of H-pyrrole nitrogens is 1. The molecule has 0 aliphatic carbocycles. The van der Waals surface area contributed by atoms with Crippen molar-refractivity contribution < 1.29 is 27.4 Å². The lowest BCUT2D eigenvalue weighted by Gasteiger charge is -2.21. The number of nitrogens with zero attached hydrogens (tertiary/aromatic N) is 19. The molecule has 7 N–H and O–H groups in total. The first-order chi connectivity index (χ1) is 46.1. The maximum Gasteiger partial charge on any atom is 0.258 e. The van der Waals surface area contributed by atoms with E-state index in [1.54, 1.807) is 118 Å². The molecule has 0 amide bonds. The first kappa shape index (κ1) is 70.1. The van der Waals surface area contributed by atoms with E-state index < -0.39 is 24.1 Å². The van der Waals surface area contributed by atoms with E-state index in [2.05, 4.69) is 120 Å². The van der Waals surface area contributed by atoms with E-state index in [1.165, 1.54) is 53.5 Å². The molecular weight excluding hydrogens is 1450 g/mol. The van der Waals surface area contributed by atoms with Crippen LogP contribution in [0, 0.1) is 51.4 Å². The van der Waals surface area contributed by atoms with E-state index >= 15 is 0 Å². The third-order valence-corrected chi connectivity index (χ3v) is 16.0. The van der Waals surface area contributed by atoms with Gasteiger partial charge in [0.1, 0.15) is 97.7 Å². The lowest BCUT2D eigenvalue weighted by molar-refractivity contribution is 0.217. The van der Waals surface area contributed by atoms with Gasteiger partial charge >= 0.3 is 0 Å². The number of pyridine rings is 1. The second-order valence-electron chi connectivity index (χ2n) is 21.1. The van der Waals surface area contributed by atoms with Crippen LogP contribution in [0.25, 0.3) is 45.3 Å². The summed E-state index contributed by atoms with van der Waals surface area (Å²) in [7, 11) is 5.19. The molecule has 26 nitrogen and oxygen atoms in total. The van der Waals surface area contributed by atoms with Gasteiger partial charge in [0.05, 0.1) is 42.6 Å². The summed E-state index contributed by atoms with van der Waals surface area (Å²) in [6.07, 6.45) is 13.2. The molecule has 10 heterocycles. The largest absolute Gasteiger partial charge is 0.482 e. The molecule has 3 aromatic carbocycles. The molecule has 13 rings (SSSR count). The number of aromatic nitrogens is 17. The fraction of sp³-hybridized carbons (Fsp3) is 0.200. The van der Waals surface area contributed by atoms with Crippen LogP contribution in [0.4, 0.5) is 30.6 Å². The molecular formula is C65H59Br3F3N23O3. The lowest BCUT2D eigenvalue weighted by Crippen LogP contribution is -2.11.